The van der Waals surface area contributed by atoms with Crippen LogP contribution in [0.3, 0.4) is 0 Å². The number of carbonyl (C=O) groups is 1. The number of aryl methyl sites for hydroxylation is 1. The van der Waals surface area contributed by atoms with Crippen LogP contribution in [0.2, 0.25) is 0 Å². The van der Waals surface area contributed by atoms with Gasteiger partial charge in [0.2, 0.25) is 0 Å². The van der Waals surface area contributed by atoms with Crippen molar-refractivity contribution >= 4 is 11.8 Å². The first-order chi connectivity index (χ1) is 9.60. The predicted molar refractivity (Wildman–Crippen MR) is 76.7 cm³/mol. The molecule has 0 aliphatic rings. The van der Waals surface area contributed by atoms with E-state index in [2.05, 4.69) is 11.4 Å². The number of benzene rings is 2. The molecule has 0 bridgehead atoms. The largest absolute Gasteiger partial charge is 0.417 e. The van der Waals surface area contributed by atoms with Crippen molar-refractivity contribution in [1.82, 2.24) is 0 Å². The van der Waals surface area contributed by atoms with Crippen molar-refractivity contribution in [3.8, 4) is 11.8 Å². The molecule has 0 heterocycles. The standard InChI is InChI=1S/C16H14N2O2/c1-11-8-14(9-13(10-17)12(11)2)18-16(19)20-15-6-4-3-5-7-15/h3-9H,1-2H3,(H,18,19). The number of para-hydroxylation sites is 1. The number of amides is 1. The van der Waals surface area contributed by atoms with Gasteiger partial charge >= 0.3 is 6.09 Å². The van der Waals surface area contributed by atoms with Crippen LogP contribution in [0.15, 0.2) is 42.5 Å². The van der Waals surface area contributed by atoms with Crippen molar-refractivity contribution in [2.75, 3.05) is 5.32 Å². The summed E-state index contributed by atoms with van der Waals surface area (Å²) in [5.74, 6) is 0.467. The Morgan fingerprint density at radius 3 is 2.55 bits per heavy atom. The van der Waals surface area contributed by atoms with Crippen LogP contribution >= 0.6 is 0 Å². The highest BCUT2D eigenvalue weighted by Gasteiger charge is 2.08. The van der Waals surface area contributed by atoms with Crippen molar-refractivity contribution in [1.29, 1.82) is 5.26 Å². The van der Waals surface area contributed by atoms with Gasteiger partial charge in [0.25, 0.3) is 0 Å². The molecule has 0 aromatic heterocycles. The molecule has 0 saturated carbocycles. The molecule has 2 aromatic carbocycles. The summed E-state index contributed by atoms with van der Waals surface area (Å²) in [7, 11) is 0. The molecule has 0 fully saturated rings. The van der Waals surface area contributed by atoms with Gasteiger partial charge in [-0.2, -0.15) is 5.26 Å². The maximum atomic E-state index is 11.8. The van der Waals surface area contributed by atoms with Gasteiger partial charge in [-0.15, -0.1) is 0 Å². The minimum absolute atomic E-state index is 0.467. The fraction of sp³-hybridized carbons (Fsp3) is 0.125. The van der Waals surface area contributed by atoms with Gasteiger partial charge in [0.05, 0.1) is 11.6 Å². The Labute approximate surface area is 117 Å². The fourth-order valence-electron chi connectivity index (χ4n) is 1.79. The van der Waals surface area contributed by atoms with E-state index >= 15 is 0 Å². The molecule has 0 spiro atoms. The third-order valence-electron chi connectivity index (χ3n) is 2.99. The summed E-state index contributed by atoms with van der Waals surface area (Å²) in [5, 5.41) is 11.7. The Balaban J connectivity index is 2.13. The Morgan fingerprint density at radius 1 is 1.20 bits per heavy atom. The van der Waals surface area contributed by atoms with Crippen molar-refractivity contribution in [2.24, 2.45) is 0 Å². The summed E-state index contributed by atoms with van der Waals surface area (Å²) in [5.41, 5.74) is 2.94. The molecule has 20 heavy (non-hydrogen) atoms. The lowest BCUT2D eigenvalue weighted by molar-refractivity contribution is 0.215. The van der Waals surface area contributed by atoms with Crippen LogP contribution in [0, 0.1) is 25.2 Å². The summed E-state index contributed by atoms with van der Waals surface area (Å²) in [6.07, 6.45) is -0.580. The minimum atomic E-state index is -0.580. The molecule has 0 aliphatic carbocycles. The van der Waals surface area contributed by atoms with E-state index in [1.54, 1.807) is 30.3 Å². The Kier molecular flexibility index (Phi) is 4.02. The second-order valence-electron chi connectivity index (χ2n) is 4.41. The number of hydrogen-bond acceptors (Lipinski definition) is 3. The molecule has 0 radical (unpaired) electrons. The summed E-state index contributed by atoms with van der Waals surface area (Å²) in [6.45, 7) is 3.77. The van der Waals surface area contributed by atoms with E-state index in [9.17, 15) is 4.79 Å². The number of ether oxygens (including phenoxy) is 1. The van der Waals surface area contributed by atoms with E-state index in [1.165, 1.54) is 0 Å². The molecule has 1 N–H and O–H groups in total. The second kappa shape index (κ2) is 5.89. The van der Waals surface area contributed by atoms with Crippen LogP contribution in [-0.2, 0) is 0 Å². The number of nitriles is 1. The van der Waals surface area contributed by atoms with E-state index in [-0.39, 0.29) is 0 Å². The lowest BCUT2D eigenvalue weighted by atomic mass is 10.0. The van der Waals surface area contributed by atoms with E-state index in [0.717, 1.165) is 11.1 Å². The molecule has 2 rings (SSSR count). The fourth-order valence-corrected chi connectivity index (χ4v) is 1.79. The van der Waals surface area contributed by atoms with E-state index in [4.69, 9.17) is 10.00 Å². The lowest BCUT2D eigenvalue weighted by Crippen LogP contribution is -2.17. The lowest BCUT2D eigenvalue weighted by Gasteiger charge is -2.09. The van der Waals surface area contributed by atoms with Gasteiger partial charge in [0, 0.05) is 5.69 Å². The average molecular weight is 266 g/mol. The Bertz CT molecular complexity index is 673. The van der Waals surface area contributed by atoms with E-state index < -0.39 is 6.09 Å². The first-order valence-corrected chi connectivity index (χ1v) is 6.15. The zero-order valence-electron chi connectivity index (χ0n) is 11.3. The van der Waals surface area contributed by atoms with Gasteiger partial charge in [-0.1, -0.05) is 18.2 Å². The molecule has 0 atom stereocenters. The molecule has 4 nitrogen and oxygen atoms in total. The number of nitrogens with zero attached hydrogens (tertiary/aromatic N) is 1. The van der Waals surface area contributed by atoms with E-state index in [0.29, 0.717) is 17.0 Å². The SMILES string of the molecule is Cc1cc(NC(=O)Oc2ccccc2)cc(C#N)c1C. The van der Waals surface area contributed by atoms with Crippen LogP contribution < -0.4 is 10.1 Å². The van der Waals surface area contributed by atoms with Crippen LogP contribution in [0.5, 0.6) is 5.75 Å². The topological polar surface area (TPSA) is 62.1 Å². The average Bonchev–Trinajstić information content (AvgIpc) is 2.43. The molecule has 1 amide bonds. The van der Waals surface area contributed by atoms with Gasteiger partial charge < -0.3 is 4.74 Å². The maximum Gasteiger partial charge on any atom is 0.417 e. The Hall–Kier alpha value is -2.80. The second-order valence-corrected chi connectivity index (χ2v) is 4.41. The normalized spacial score (nSPS) is 9.65. The van der Waals surface area contributed by atoms with Crippen LogP contribution in [0.4, 0.5) is 10.5 Å². The van der Waals surface area contributed by atoms with Crippen molar-refractivity contribution in [3.05, 3.63) is 59.2 Å². The van der Waals surface area contributed by atoms with E-state index in [1.807, 2.05) is 26.0 Å². The highest BCUT2D eigenvalue weighted by Crippen LogP contribution is 2.19. The van der Waals surface area contributed by atoms with Gasteiger partial charge in [-0.3, -0.25) is 5.32 Å². The number of anilines is 1. The highest BCUT2D eigenvalue weighted by molar-refractivity contribution is 5.86. The zero-order chi connectivity index (χ0) is 14.5. The smallest absolute Gasteiger partial charge is 0.410 e. The first-order valence-electron chi connectivity index (χ1n) is 6.15. The third-order valence-corrected chi connectivity index (χ3v) is 2.99. The highest BCUT2D eigenvalue weighted by atomic mass is 16.6. The first kappa shape index (κ1) is 13.6. The van der Waals surface area contributed by atoms with Crippen LogP contribution in [0.25, 0.3) is 0 Å². The predicted octanol–water partition coefficient (Wildman–Crippen LogP) is 3.79. The van der Waals surface area contributed by atoms with Gasteiger partial charge in [-0.25, -0.2) is 4.79 Å². The number of carbonyl (C=O) groups excluding carboxylic acids is 1. The number of nitrogens with one attached hydrogen (secondary N) is 1. The minimum Gasteiger partial charge on any atom is -0.410 e. The summed E-state index contributed by atoms with van der Waals surface area (Å²) in [4.78, 5) is 11.8. The molecular formula is C16H14N2O2. The molecule has 0 saturated heterocycles. The molecule has 2 aromatic rings. The van der Waals surface area contributed by atoms with Crippen LogP contribution in [0.1, 0.15) is 16.7 Å². The third kappa shape index (κ3) is 3.15. The quantitative estimate of drug-likeness (QED) is 0.899. The zero-order valence-corrected chi connectivity index (χ0v) is 11.3. The Morgan fingerprint density at radius 2 is 1.90 bits per heavy atom. The van der Waals surface area contributed by atoms with Gasteiger partial charge in [0.15, 0.2) is 0 Å². The molecular weight excluding hydrogens is 252 g/mol. The van der Waals surface area contributed by atoms with Crippen molar-refractivity contribution in [3.63, 3.8) is 0 Å². The maximum absolute atomic E-state index is 11.8. The van der Waals surface area contributed by atoms with Gasteiger partial charge in [-0.05, 0) is 49.2 Å². The summed E-state index contributed by atoms with van der Waals surface area (Å²) in [6, 6.07) is 14.3. The van der Waals surface area contributed by atoms with Gasteiger partial charge in [0.1, 0.15) is 5.75 Å². The molecule has 0 unspecified atom stereocenters. The monoisotopic (exact) mass is 266 g/mol. The molecule has 100 valence electrons. The van der Waals surface area contributed by atoms with Crippen molar-refractivity contribution < 1.29 is 9.53 Å². The molecule has 4 heteroatoms. The summed E-state index contributed by atoms with van der Waals surface area (Å²) >= 11 is 0. The number of rotatable bonds is 2. The number of hydrogen-bond donors (Lipinski definition) is 1. The molecule has 0 aliphatic heterocycles. The van der Waals surface area contributed by atoms with Crippen molar-refractivity contribution in [2.45, 2.75) is 13.8 Å². The summed E-state index contributed by atoms with van der Waals surface area (Å²) < 4.78 is 5.13. The van der Waals surface area contributed by atoms with Crippen LogP contribution in [-0.4, -0.2) is 6.09 Å².